The molecule has 3 aromatic carbocycles. The SMILES string of the molecule is CC(C)CNC(=O)[C@H](Cc1ccccc1)N(Cc1c(Cl)cccc1Cl)C(=O)Cc1c(Cl)cccc1Cl. The first kappa shape index (κ1) is 28.3. The lowest BCUT2D eigenvalue weighted by molar-refractivity contribution is -0.140. The third kappa shape index (κ3) is 7.63. The smallest absolute Gasteiger partial charge is 0.243 e. The van der Waals surface area contributed by atoms with Crippen LogP contribution in [-0.4, -0.2) is 29.3 Å². The lowest BCUT2D eigenvalue weighted by atomic mass is 10.0. The molecule has 0 bridgehead atoms. The lowest BCUT2D eigenvalue weighted by Crippen LogP contribution is -2.51. The second kappa shape index (κ2) is 13.3. The van der Waals surface area contributed by atoms with E-state index in [1.54, 1.807) is 36.4 Å². The quantitative estimate of drug-likeness (QED) is 0.281. The monoisotopic (exact) mass is 564 g/mol. The highest BCUT2D eigenvalue weighted by Gasteiger charge is 2.32. The largest absolute Gasteiger partial charge is 0.354 e. The van der Waals surface area contributed by atoms with Crippen LogP contribution in [0.25, 0.3) is 0 Å². The normalized spacial score (nSPS) is 11.9. The van der Waals surface area contributed by atoms with Crippen molar-refractivity contribution in [2.75, 3.05) is 6.54 Å². The van der Waals surface area contributed by atoms with E-state index in [4.69, 9.17) is 46.4 Å². The zero-order valence-electron chi connectivity index (χ0n) is 20.1. The van der Waals surface area contributed by atoms with Crippen LogP contribution in [0.2, 0.25) is 20.1 Å². The highest BCUT2D eigenvalue weighted by Crippen LogP contribution is 2.29. The Morgan fingerprint density at radius 3 is 1.83 bits per heavy atom. The van der Waals surface area contributed by atoms with Crippen LogP contribution in [0.15, 0.2) is 66.7 Å². The summed E-state index contributed by atoms with van der Waals surface area (Å²) in [5.41, 5.74) is 1.98. The molecule has 1 N–H and O–H groups in total. The Labute approximate surface area is 232 Å². The number of carbonyl (C=O) groups is 2. The van der Waals surface area contributed by atoms with Crippen molar-refractivity contribution in [2.45, 2.75) is 39.3 Å². The molecule has 36 heavy (non-hydrogen) atoms. The number of hydrogen-bond acceptors (Lipinski definition) is 2. The summed E-state index contributed by atoms with van der Waals surface area (Å²) in [7, 11) is 0. The fourth-order valence-electron chi connectivity index (χ4n) is 3.78. The molecule has 0 saturated heterocycles. The molecule has 0 saturated carbocycles. The summed E-state index contributed by atoms with van der Waals surface area (Å²) in [6, 6.07) is 19.0. The van der Waals surface area contributed by atoms with Crippen LogP contribution in [0.3, 0.4) is 0 Å². The first-order chi connectivity index (χ1) is 17.2. The van der Waals surface area contributed by atoms with Crippen LogP contribution in [0.4, 0.5) is 0 Å². The molecular weight excluding hydrogens is 538 g/mol. The van der Waals surface area contributed by atoms with Crippen LogP contribution in [0, 0.1) is 5.92 Å². The molecule has 3 aromatic rings. The summed E-state index contributed by atoms with van der Waals surface area (Å²) in [4.78, 5) is 28.9. The molecule has 0 aromatic heterocycles. The molecule has 190 valence electrons. The number of benzene rings is 3. The Morgan fingerprint density at radius 2 is 1.31 bits per heavy atom. The minimum Gasteiger partial charge on any atom is -0.354 e. The van der Waals surface area contributed by atoms with Crippen LogP contribution in [-0.2, 0) is 29.0 Å². The summed E-state index contributed by atoms with van der Waals surface area (Å²) in [5.74, 6) is -0.327. The first-order valence-corrected chi connectivity index (χ1v) is 13.2. The van der Waals surface area contributed by atoms with E-state index in [2.05, 4.69) is 5.32 Å². The molecule has 0 aliphatic rings. The number of carbonyl (C=O) groups excluding carboxylic acids is 2. The van der Waals surface area contributed by atoms with Gasteiger partial charge in [-0.3, -0.25) is 9.59 Å². The van der Waals surface area contributed by atoms with Crippen LogP contribution in [0.1, 0.15) is 30.5 Å². The van der Waals surface area contributed by atoms with E-state index in [1.165, 1.54) is 4.90 Å². The number of amides is 2. The second-order valence-electron chi connectivity index (χ2n) is 8.94. The molecular formula is C28H28Cl4N2O2. The highest BCUT2D eigenvalue weighted by molar-refractivity contribution is 6.36. The van der Waals surface area contributed by atoms with E-state index in [-0.39, 0.29) is 30.7 Å². The predicted molar refractivity (Wildman–Crippen MR) is 149 cm³/mol. The van der Waals surface area contributed by atoms with Crippen LogP contribution in [0.5, 0.6) is 0 Å². The molecule has 0 fully saturated rings. The maximum absolute atomic E-state index is 13.9. The minimum absolute atomic E-state index is 0.0476. The third-order valence-corrected chi connectivity index (χ3v) is 7.15. The standard InChI is InChI=1S/C28H28Cl4N2O2/c1-18(2)16-33-28(36)26(14-19-8-4-3-5-9-19)34(17-21-24(31)12-7-13-25(21)32)27(35)15-20-22(29)10-6-11-23(20)30/h3-13,18,26H,14-17H2,1-2H3,(H,33,36)/t26-/m0/s1. The van der Waals surface area contributed by atoms with Gasteiger partial charge in [-0.2, -0.15) is 0 Å². The maximum atomic E-state index is 13.9. The van der Waals surface area contributed by atoms with Gasteiger partial charge in [0.25, 0.3) is 0 Å². The summed E-state index contributed by atoms with van der Waals surface area (Å²) < 4.78 is 0. The van der Waals surface area contributed by atoms with Gasteiger partial charge in [-0.05, 0) is 41.3 Å². The molecule has 4 nitrogen and oxygen atoms in total. The molecule has 3 rings (SSSR count). The Kier molecular flexibility index (Phi) is 10.5. The highest BCUT2D eigenvalue weighted by atomic mass is 35.5. The van der Waals surface area contributed by atoms with Gasteiger partial charge < -0.3 is 10.2 Å². The summed E-state index contributed by atoms with van der Waals surface area (Å²) >= 11 is 25.7. The molecule has 1 atom stereocenters. The molecule has 0 radical (unpaired) electrons. The Bertz CT molecular complexity index is 1160. The van der Waals surface area contributed by atoms with Gasteiger partial charge in [0.05, 0.1) is 6.42 Å². The summed E-state index contributed by atoms with van der Waals surface area (Å²) in [6.45, 7) is 4.55. The topological polar surface area (TPSA) is 49.4 Å². The van der Waals surface area contributed by atoms with Gasteiger partial charge in [-0.25, -0.2) is 0 Å². The van der Waals surface area contributed by atoms with E-state index in [1.807, 2.05) is 44.2 Å². The van der Waals surface area contributed by atoms with Crippen molar-refractivity contribution in [3.05, 3.63) is 104 Å². The van der Waals surface area contributed by atoms with Gasteiger partial charge in [-0.1, -0.05) is 103 Å². The molecule has 0 aliphatic carbocycles. The third-order valence-electron chi connectivity index (χ3n) is 5.74. The van der Waals surface area contributed by atoms with Crippen molar-refractivity contribution in [1.82, 2.24) is 10.2 Å². The van der Waals surface area contributed by atoms with Crippen molar-refractivity contribution in [1.29, 1.82) is 0 Å². The van der Waals surface area contributed by atoms with E-state index >= 15 is 0 Å². The van der Waals surface area contributed by atoms with Gasteiger partial charge in [0.2, 0.25) is 11.8 Å². The molecule has 2 amide bonds. The molecule has 0 unspecified atom stereocenters. The lowest BCUT2D eigenvalue weighted by Gasteiger charge is -2.32. The van der Waals surface area contributed by atoms with E-state index < -0.39 is 6.04 Å². The zero-order chi connectivity index (χ0) is 26.2. The number of nitrogens with zero attached hydrogens (tertiary/aromatic N) is 1. The fraction of sp³-hybridized carbons (Fsp3) is 0.286. The first-order valence-electron chi connectivity index (χ1n) is 11.6. The number of halogens is 4. The predicted octanol–water partition coefficient (Wildman–Crippen LogP) is 7.26. The summed E-state index contributed by atoms with van der Waals surface area (Å²) in [6.07, 6.45) is 0.234. The van der Waals surface area contributed by atoms with Crippen molar-refractivity contribution in [3.8, 4) is 0 Å². The Morgan fingerprint density at radius 1 is 0.778 bits per heavy atom. The molecule has 0 aliphatic heterocycles. The molecule has 0 heterocycles. The van der Waals surface area contributed by atoms with Crippen molar-refractivity contribution < 1.29 is 9.59 Å². The van der Waals surface area contributed by atoms with Gasteiger partial charge >= 0.3 is 0 Å². The van der Waals surface area contributed by atoms with Gasteiger partial charge in [0.1, 0.15) is 6.04 Å². The maximum Gasteiger partial charge on any atom is 0.243 e. The fourth-order valence-corrected chi connectivity index (χ4v) is 4.83. The van der Waals surface area contributed by atoms with Gasteiger partial charge in [0.15, 0.2) is 0 Å². The minimum atomic E-state index is -0.813. The number of rotatable bonds is 10. The Balaban J connectivity index is 2.04. The average Bonchev–Trinajstić information content (AvgIpc) is 2.84. The van der Waals surface area contributed by atoms with Gasteiger partial charge in [0, 0.05) is 45.2 Å². The molecule has 0 spiro atoms. The average molecular weight is 566 g/mol. The van der Waals surface area contributed by atoms with Gasteiger partial charge in [-0.15, -0.1) is 0 Å². The molecule has 8 heteroatoms. The van der Waals surface area contributed by atoms with E-state index in [0.717, 1.165) is 5.56 Å². The van der Waals surface area contributed by atoms with E-state index in [0.29, 0.717) is 44.2 Å². The van der Waals surface area contributed by atoms with Crippen molar-refractivity contribution >= 4 is 58.2 Å². The van der Waals surface area contributed by atoms with Crippen molar-refractivity contribution in [2.24, 2.45) is 5.92 Å². The Hall–Kier alpha value is -2.24. The van der Waals surface area contributed by atoms with Crippen molar-refractivity contribution in [3.63, 3.8) is 0 Å². The zero-order valence-corrected chi connectivity index (χ0v) is 23.1. The van der Waals surface area contributed by atoms with Crippen LogP contribution >= 0.6 is 46.4 Å². The number of nitrogens with one attached hydrogen (secondary N) is 1. The summed E-state index contributed by atoms with van der Waals surface area (Å²) in [5, 5.41) is 4.59. The van der Waals surface area contributed by atoms with E-state index in [9.17, 15) is 9.59 Å². The second-order valence-corrected chi connectivity index (χ2v) is 10.6. The van der Waals surface area contributed by atoms with Crippen LogP contribution < -0.4 is 5.32 Å². The number of hydrogen-bond donors (Lipinski definition) is 1.